The highest BCUT2D eigenvalue weighted by Gasteiger charge is 2.32. The van der Waals surface area contributed by atoms with Crippen LogP contribution in [0.5, 0.6) is 5.75 Å². The molecule has 2 amide bonds. The van der Waals surface area contributed by atoms with Crippen molar-refractivity contribution in [3.63, 3.8) is 0 Å². The third kappa shape index (κ3) is 5.80. The van der Waals surface area contributed by atoms with Gasteiger partial charge < -0.3 is 10.4 Å². The summed E-state index contributed by atoms with van der Waals surface area (Å²) in [6, 6.07) is 12.8. The van der Waals surface area contributed by atoms with Gasteiger partial charge in [-0.05, 0) is 24.1 Å². The molecule has 3 rings (SSSR count). The Kier molecular flexibility index (Phi) is 7.39. The average Bonchev–Trinajstić information content (AvgIpc) is 3.01. The Morgan fingerprint density at radius 1 is 1.25 bits per heavy atom. The van der Waals surface area contributed by atoms with Crippen molar-refractivity contribution < 1.29 is 19.6 Å². The minimum Gasteiger partial charge on any atom is -0.871 e. The van der Waals surface area contributed by atoms with Gasteiger partial charge in [0.25, 0.3) is 11.6 Å². The van der Waals surface area contributed by atoms with Crippen molar-refractivity contribution in [2.24, 2.45) is 0 Å². The number of nitro benzene ring substituents is 1. The maximum Gasteiger partial charge on any atom is 0.271 e. The number of carbonyl (C=O) groups is 2. The molecule has 2 aromatic rings. The zero-order valence-corrected chi connectivity index (χ0v) is 18.6. The van der Waals surface area contributed by atoms with E-state index in [4.69, 9.17) is 12.2 Å². The highest BCUT2D eigenvalue weighted by molar-refractivity contribution is 8.26. The average molecular weight is 469 g/mol. The van der Waals surface area contributed by atoms with Gasteiger partial charge in [0.15, 0.2) is 0 Å². The van der Waals surface area contributed by atoms with Crippen LogP contribution in [0.1, 0.15) is 18.9 Å². The molecular weight excluding hydrogens is 450 g/mol. The van der Waals surface area contributed by atoms with E-state index in [1.165, 1.54) is 4.90 Å². The molecule has 1 saturated heterocycles. The summed E-state index contributed by atoms with van der Waals surface area (Å²) in [5.74, 6) is -1.40. The van der Waals surface area contributed by atoms with Gasteiger partial charge in [-0.2, -0.15) is 0 Å². The SMILES string of the molecule is CC(=C/c1ccccc1)/C=C1\SC(=S)N(CCC(=O)Nc2cc([N+](=O)[O-])ccc2[O-])C1=O. The number of allylic oxidation sites excluding steroid dienone is 2. The lowest BCUT2D eigenvalue weighted by atomic mass is 10.1. The summed E-state index contributed by atoms with van der Waals surface area (Å²) in [7, 11) is 0. The molecule has 0 spiro atoms. The van der Waals surface area contributed by atoms with Gasteiger partial charge in [0.05, 0.1) is 9.83 Å². The molecule has 0 bridgehead atoms. The van der Waals surface area contributed by atoms with E-state index >= 15 is 0 Å². The van der Waals surface area contributed by atoms with Crippen molar-refractivity contribution in [3.05, 3.63) is 80.8 Å². The van der Waals surface area contributed by atoms with Crippen molar-refractivity contribution >= 4 is 57.6 Å². The third-order valence-corrected chi connectivity index (χ3v) is 5.81. The van der Waals surface area contributed by atoms with E-state index in [0.717, 1.165) is 41.1 Å². The second-order valence-electron chi connectivity index (χ2n) is 6.87. The molecule has 0 unspecified atom stereocenters. The topological polar surface area (TPSA) is 116 Å². The minimum absolute atomic E-state index is 0.0262. The summed E-state index contributed by atoms with van der Waals surface area (Å²) >= 11 is 6.43. The van der Waals surface area contributed by atoms with Gasteiger partial charge >= 0.3 is 0 Å². The van der Waals surface area contributed by atoms with E-state index < -0.39 is 16.6 Å². The van der Waals surface area contributed by atoms with E-state index in [-0.39, 0.29) is 30.2 Å². The lowest BCUT2D eigenvalue weighted by Crippen LogP contribution is -2.31. The quantitative estimate of drug-likeness (QED) is 0.284. The van der Waals surface area contributed by atoms with Crippen LogP contribution in [0, 0.1) is 10.1 Å². The normalized spacial score (nSPS) is 15.3. The highest BCUT2D eigenvalue weighted by Crippen LogP contribution is 2.32. The first kappa shape index (κ1) is 23.2. The predicted molar refractivity (Wildman–Crippen MR) is 126 cm³/mol. The van der Waals surface area contributed by atoms with Crippen molar-refractivity contribution in [2.45, 2.75) is 13.3 Å². The van der Waals surface area contributed by atoms with E-state index in [1.807, 2.05) is 43.3 Å². The maximum atomic E-state index is 12.7. The predicted octanol–water partition coefficient (Wildman–Crippen LogP) is 3.84. The molecule has 1 aliphatic heterocycles. The number of benzene rings is 2. The van der Waals surface area contributed by atoms with E-state index in [9.17, 15) is 24.8 Å². The molecule has 10 heteroatoms. The molecule has 0 aliphatic carbocycles. The first-order valence-corrected chi connectivity index (χ1v) is 10.7. The van der Waals surface area contributed by atoms with Crippen LogP contribution in [0.15, 0.2) is 65.1 Å². The molecule has 1 fully saturated rings. The lowest BCUT2D eigenvalue weighted by Gasteiger charge is -2.16. The smallest absolute Gasteiger partial charge is 0.271 e. The zero-order chi connectivity index (χ0) is 23.3. The Labute approximate surface area is 193 Å². The molecule has 0 saturated carbocycles. The highest BCUT2D eigenvalue weighted by atomic mass is 32.2. The van der Waals surface area contributed by atoms with Crippen LogP contribution in [0.2, 0.25) is 0 Å². The number of thiocarbonyl (C=S) groups is 1. The third-order valence-electron chi connectivity index (χ3n) is 4.44. The Hall–Kier alpha value is -3.50. The Bertz CT molecular complexity index is 1150. The molecule has 1 aliphatic rings. The van der Waals surface area contributed by atoms with E-state index in [2.05, 4.69) is 5.32 Å². The van der Waals surface area contributed by atoms with Crippen molar-refractivity contribution in [3.8, 4) is 5.75 Å². The van der Waals surface area contributed by atoms with Gasteiger partial charge in [-0.1, -0.05) is 72.2 Å². The second-order valence-corrected chi connectivity index (χ2v) is 8.54. The molecule has 8 nitrogen and oxygen atoms in total. The fraction of sp³-hybridized carbons (Fsp3) is 0.136. The van der Waals surface area contributed by atoms with E-state index in [0.29, 0.717) is 9.23 Å². The van der Waals surface area contributed by atoms with Crippen molar-refractivity contribution in [2.75, 3.05) is 11.9 Å². The molecule has 0 aromatic heterocycles. The summed E-state index contributed by atoms with van der Waals surface area (Å²) in [5, 5.41) is 25.0. The number of anilines is 1. The number of thioether (sulfide) groups is 1. The molecule has 32 heavy (non-hydrogen) atoms. The lowest BCUT2D eigenvalue weighted by molar-refractivity contribution is -0.385. The Morgan fingerprint density at radius 2 is 1.97 bits per heavy atom. The molecule has 0 atom stereocenters. The van der Waals surface area contributed by atoms with Crippen LogP contribution >= 0.6 is 24.0 Å². The summed E-state index contributed by atoms with van der Waals surface area (Å²) in [6.45, 7) is 1.91. The fourth-order valence-corrected chi connectivity index (χ4v) is 4.27. The number of hydrogen-bond acceptors (Lipinski definition) is 7. The van der Waals surface area contributed by atoms with Crippen LogP contribution < -0.4 is 10.4 Å². The molecular formula is C22H18N3O5S2-. The number of non-ortho nitro benzene ring substituents is 1. The first-order valence-electron chi connectivity index (χ1n) is 9.48. The van der Waals surface area contributed by atoms with Crippen LogP contribution in [0.25, 0.3) is 6.08 Å². The number of hydrogen-bond donors (Lipinski definition) is 1. The second kappa shape index (κ2) is 10.2. The molecule has 1 N–H and O–H groups in total. The Balaban J connectivity index is 1.62. The van der Waals surface area contributed by atoms with Crippen LogP contribution in [-0.2, 0) is 9.59 Å². The fourth-order valence-electron chi connectivity index (χ4n) is 2.91. The van der Waals surface area contributed by atoms with Gasteiger partial charge in [-0.15, -0.1) is 0 Å². The number of carbonyl (C=O) groups excluding carboxylic acids is 2. The number of nitrogens with zero attached hydrogens (tertiary/aromatic N) is 2. The van der Waals surface area contributed by atoms with Gasteiger partial charge in [0.2, 0.25) is 5.91 Å². The number of nitro groups is 1. The summed E-state index contributed by atoms with van der Waals surface area (Å²) in [5.41, 5.74) is 1.40. The number of rotatable bonds is 7. The van der Waals surface area contributed by atoms with Crippen LogP contribution in [0.4, 0.5) is 11.4 Å². The maximum absolute atomic E-state index is 12.7. The van der Waals surface area contributed by atoms with Gasteiger partial charge in [0.1, 0.15) is 4.32 Å². The largest absolute Gasteiger partial charge is 0.871 e. The van der Waals surface area contributed by atoms with E-state index in [1.54, 1.807) is 6.08 Å². The van der Waals surface area contributed by atoms with Crippen LogP contribution in [-0.4, -0.2) is 32.5 Å². The standard InChI is InChI=1S/C22H19N3O5S2/c1-14(11-15-5-3-2-4-6-15)12-19-21(28)24(22(31)32-19)10-9-20(27)23-17-13-16(25(29)30)7-8-18(17)26/h2-8,11-13,26H,9-10H2,1H3,(H,23,27)/p-1/b14-11-,19-12-. The number of amides is 2. The monoisotopic (exact) mass is 468 g/mol. The summed E-state index contributed by atoms with van der Waals surface area (Å²) in [4.78, 5) is 36.9. The van der Waals surface area contributed by atoms with Crippen LogP contribution in [0.3, 0.4) is 0 Å². The first-order chi connectivity index (χ1) is 15.2. The van der Waals surface area contributed by atoms with Crippen molar-refractivity contribution in [1.82, 2.24) is 4.90 Å². The molecule has 2 aromatic carbocycles. The molecule has 164 valence electrons. The van der Waals surface area contributed by atoms with Gasteiger partial charge in [-0.25, -0.2) is 0 Å². The Morgan fingerprint density at radius 3 is 2.66 bits per heavy atom. The minimum atomic E-state index is -0.657. The van der Waals surface area contributed by atoms with Crippen molar-refractivity contribution in [1.29, 1.82) is 0 Å². The zero-order valence-electron chi connectivity index (χ0n) is 16.9. The number of nitrogens with one attached hydrogen (secondary N) is 1. The summed E-state index contributed by atoms with van der Waals surface area (Å²) < 4.78 is 0.335. The summed E-state index contributed by atoms with van der Waals surface area (Å²) in [6.07, 6.45) is 3.57. The van der Waals surface area contributed by atoms with Gasteiger partial charge in [-0.3, -0.25) is 24.6 Å². The van der Waals surface area contributed by atoms with Gasteiger partial charge in [0, 0.05) is 30.8 Å². The molecule has 0 radical (unpaired) electrons. The molecule has 1 heterocycles.